The normalized spacial score (nSPS) is 12.5. The van der Waals surface area contributed by atoms with Gasteiger partial charge in [0.05, 0.1) is 0 Å². The van der Waals surface area contributed by atoms with E-state index in [0.29, 0.717) is 30.2 Å². The monoisotopic (exact) mass is 456 g/mol. The van der Waals surface area contributed by atoms with E-state index in [1.807, 2.05) is 0 Å². The van der Waals surface area contributed by atoms with Crippen LogP contribution in [0.3, 0.4) is 0 Å². The number of hydrogen-bond donors (Lipinski definition) is 2. The zero-order valence-electron chi connectivity index (χ0n) is 17.7. The molecule has 0 atom stereocenters. The van der Waals surface area contributed by atoms with E-state index in [2.05, 4.69) is 13.8 Å². The van der Waals surface area contributed by atoms with Crippen LogP contribution in [-0.2, 0) is 33.1 Å². The van der Waals surface area contributed by atoms with Gasteiger partial charge in [-0.25, -0.2) is 0 Å². The minimum absolute atomic E-state index is 0.121. The van der Waals surface area contributed by atoms with Gasteiger partial charge in [0.25, 0.3) is 20.2 Å². The van der Waals surface area contributed by atoms with Gasteiger partial charge in [-0.1, -0.05) is 76.6 Å². The minimum atomic E-state index is -4.89. The maximum absolute atomic E-state index is 12.4. The summed E-state index contributed by atoms with van der Waals surface area (Å²) in [5, 5.41) is 0.731. The van der Waals surface area contributed by atoms with Crippen LogP contribution in [0.1, 0.15) is 76.3 Å². The summed E-state index contributed by atoms with van der Waals surface area (Å²) < 4.78 is 69.1. The van der Waals surface area contributed by atoms with Crippen molar-refractivity contribution in [3.63, 3.8) is 0 Å². The Kier molecular flexibility index (Phi) is 8.85. The smallest absolute Gasteiger partial charge is 0.282 e. The molecule has 0 fully saturated rings. The van der Waals surface area contributed by atoms with Gasteiger partial charge in [0.1, 0.15) is 9.79 Å². The zero-order chi connectivity index (χ0) is 22.4. The standard InChI is InChI=1S/C22H32O6S2/c1-3-5-7-9-13-17-18-14-11-12-16-20(18)22(30(26,27)28)21(29(23,24)25)19(17)15-10-8-6-4-2/h11-12,14,16H,3-10,13,15H2,1-2H3,(H,23,24,25)(H,26,27,28). The molecule has 0 heterocycles. The summed E-state index contributed by atoms with van der Waals surface area (Å²) in [5.41, 5.74) is 1.06. The average Bonchev–Trinajstić information content (AvgIpc) is 2.66. The molecule has 0 radical (unpaired) electrons. The zero-order valence-corrected chi connectivity index (χ0v) is 19.4. The third kappa shape index (κ3) is 6.03. The number of fused-ring (bicyclic) bond motifs is 1. The lowest BCUT2D eigenvalue weighted by molar-refractivity contribution is 0.465. The van der Waals surface area contributed by atoms with Crippen molar-refractivity contribution in [2.24, 2.45) is 0 Å². The largest absolute Gasteiger partial charge is 0.296 e. The molecule has 2 aromatic carbocycles. The van der Waals surface area contributed by atoms with E-state index >= 15 is 0 Å². The second kappa shape index (κ2) is 10.7. The predicted molar refractivity (Wildman–Crippen MR) is 119 cm³/mol. The van der Waals surface area contributed by atoms with Crippen molar-refractivity contribution in [1.82, 2.24) is 0 Å². The van der Waals surface area contributed by atoms with E-state index in [4.69, 9.17) is 0 Å². The van der Waals surface area contributed by atoms with Gasteiger partial charge in [0.2, 0.25) is 0 Å². The second-order valence-corrected chi connectivity index (χ2v) is 10.4. The van der Waals surface area contributed by atoms with E-state index in [0.717, 1.165) is 50.5 Å². The third-order valence-electron chi connectivity index (χ3n) is 5.42. The average molecular weight is 457 g/mol. The topological polar surface area (TPSA) is 109 Å². The Morgan fingerprint density at radius 1 is 0.633 bits per heavy atom. The van der Waals surface area contributed by atoms with Crippen molar-refractivity contribution >= 4 is 31.0 Å². The van der Waals surface area contributed by atoms with E-state index in [-0.39, 0.29) is 5.39 Å². The summed E-state index contributed by atoms with van der Waals surface area (Å²) in [7, 11) is -9.76. The molecule has 0 bridgehead atoms. The first-order valence-electron chi connectivity index (χ1n) is 10.6. The fourth-order valence-electron chi connectivity index (χ4n) is 4.04. The fourth-order valence-corrected chi connectivity index (χ4v) is 6.37. The van der Waals surface area contributed by atoms with Gasteiger partial charge in [-0.2, -0.15) is 16.8 Å². The molecule has 6 nitrogen and oxygen atoms in total. The molecule has 0 aliphatic heterocycles. The molecule has 0 saturated heterocycles. The Hall–Kier alpha value is -1.48. The van der Waals surface area contributed by atoms with Crippen molar-refractivity contribution in [2.45, 2.75) is 87.8 Å². The second-order valence-electron chi connectivity index (χ2n) is 7.73. The molecule has 30 heavy (non-hydrogen) atoms. The molecule has 0 spiro atoms. The van der Waals surface area contributed by atoms with E-state index < -0.39 is 30.0 Å². The number of unbranched alkanes of at least 4 members (excludes halogenated alkanes) is 6. The van der Waals surface area contributed by atoms with Crippen LogP contribution < -0.4 is 0 Å². The number of aryl methyl sites for hydroxylation is 1. The SMILES string of the molecule is CCCCCCc1c(S(=O)(=O)O)c(S(=O)(=O)O)c2ccccc2c1CCCCCC. The van der Waals surface area contributed by atoms with Gasteiger partial charge in [0, 0.05) is 5.39 Å². The van der Waals surface area contributed by atoms with Gasteiger partial charge in [-0.05, 0) is 42.2 Å². The molecular weight excluding hydrogens is 424 g/mol. The van der Waals surface area contributed by atoms with Crippen LogP contribution in [0.4, 0.5) is 0 Å². The summed E-state index contributed by atoms with van der Waals surface area (Å²) in [6.45, 7) is 4.17. The molecule has 0 aliphatic carbocycles. The van der Waals surface area contributed by atoms with Gasteiger partial charge in [-0.15, -0.1) is 0 Å². The number of rotatable bonds is 12. The molecule has 0 saturated carbocycles. The van der Waals surface area contributed by atoms with Gasteiger partial charge >= 0.3 is 0 Å². The summed E-state index contributed by atoms with van der Waals surface area (Å²) in [6.07, 6.45) is 8.34. The Bertz CT molecular complexity index is 1070. The molecule has 168 valence electrons. The van der Waals surface area contributed by atoms with Crippen molar-refractivity contribution in [3.8, 4) is 0 Å². The molecule has 8 heteroatoms. The van der Waals surface area contributed by atoms with E-state index in [1.165, 1.54) is 6.07 Å². The molecule has 0 unspecified atom stereocenters. The molecule has 0 aromatic heterocycles. The molecule has 2 N–H and O–H groups in total. The Labute approximate surface area is 180 Å². The highest BCUT2D eigenvalue weighted by molar-refractivity contribution is 7.89. The van der Waals surface area contributed by atoms with Crippen molar-refractivity contribution in [2.75, 3.05) is 0 Å². The summed E-state index contributed by atoms with van der Waals surface area (Å²) in [4.78, 5) is -1.38. The molecule has 2 aromatic rings. The summed E-state index contributed by atoms with van der Waals surface area (Å²) in [6, 6.07) is 6.58. The van der Waals surface area contributed by atoms with Crippen molar-refractivity contribution in [1.29, 1.82) is 0 Å². The number of benzene rings is 2. The molecule has 0 amide bonds. The van der Waals surface area contributed by atoms with Crippen LogP contribution in [0.2, 0.25) is 0 Å². The van der Waals surface area contributed by atoms with Gasteiger partial charge < -0.3 is 0 Å². The van der Waals surface area contributed by atoms with Crippen molar-refractivity contribution in [3.05, 3.63) is 35.4 Å². The molecule has 0 aliphatic rings. The van der Waals surface area contributed by atoms with E-state index in [1.54, 1.807) is 18.2 Å². The molecule has 2 rings (SSSR count). The maximum Gasteiger partial charge on any atom is 0.296 e. The summed E-state index contributed by atoms with van der Waals surface area (Å²) >= 11 is 0. The summed E-state index contributed by atoms with van der Waals surface area (Å²) in [5.74, 6) is 0. The third-order valence-corrected chi connectivity index (χ3v) is 7.45. The van der Waals surface area contributed by atoms with Crippen LogP contribution >= 0.6 is 0 Å². The number of hydrogen-bond acceptors (Lipinski definition) is 4. The van der Waals surface area contributed by atoms with Crippen LogP contribution in [-0.4, -0.2) is 25.9 Å². The fraction of sp³-hybridized carbons (Fsp3) is 0.545. The highest BCUT2D eigenvalue weighted by Gasteiger charge is 2.32. The van der Waals surface area contributed by atoms with Gasteiger partial charge in [0.15, 0.2) is 0 Å². The first-order chi connectivity index (χ1) is 14.1. The lowest BCUT2D eigenvalue weighted by Crippen LogP contribution is -2.15. The van der Waals surface area contributed by atoms with Crippen molar-refractivity contribution < 1.29 is 25.9 Å². The highest BCUT2D eigenvalue weighted by atomic mass is 32.2. The Morgan fingerprint density at radius 2 is 1.10 bits per heavy atom. The van der Waals surface area contributed by atoms with Crippen LogP contribution in [0.5, 0.6) is 0 Å². The van der Waals surface area contributed by atoms with Gasteiger partial charge in [-0.3, -0.25) is 9.11 Å². The molecular formula is C22H32O6S2. The lowest BCUT2D eigenvalue weighted by Gasteiger charge is -2.20. The van der Waals surface area contributed by atoms with Crippen LogP contribution in [0, 0.1) is 0 Å². The highest BCUT2D eigenvalue weighted by Crippen LogP contribution is 2.38. The predicted octanol–water partition coefficient (Wildman–Crippen LogP) is 5.58. The maximum atomic E-state index is 12.4. The Balaban J connectivity index is 2.82. The quantitative estimate of drug-likeness (QED) is 0.319. The first kappa shape index (κ1) is 24.8. The van der Waals surface area contributed by atoms with E-state index in [9.17, 15) is 25.9 Å². The first-order valence-corrected chi connectivity index (χ1v) is 13.5. The van der Waals surface area contributed by atoms with Crippen LogP contribution in [0.25, 0.3) is 10.8 Å². The Morgan fingerprint density at radius 3 is 1.57 bits per heavy atom. The lowest BCUT2D eigenvalue weighted by atomic mass is 9.91. The van der Waals surface area contributed by atoms with Crippen LogP contribution in [0.15, 0.2) is 34.1 Å². The minimum Gasteiger partial charge on any atom is -0.282 e.